The minimum Gasteiger partial charge on any atom is -0.465 e. The Morgan fingerprint density at radius 1 is 1.45 bits per heavy atom. The maximum absolute atomic E-state index is 11.8. The number of esters is 1. The lowest BCUT2D eigenvalue weighted by Crippen LogP contribution is -2.29. The highest BCUT2D eigenvalue weighted by molar-refractivity contribution is 5.89. The molecule has 0 saturated heterocycles. The van der Waals surface area contributed by atoms with E-state index in [-0.39, 0.29) is 12.2 Å². The zero-order valence-corrected chi connectivity index (χ0v) is 11.3. The van der Waals surface area contributed by atoms with Gasteiger partial charge in [-0.3, -0.25) is 4.68 Å². The van der Waals surface area contributed by atoms with Gasteiger partial charge in [-0.1, -0.05) is 0 Å². The van der Waals surface area contributed by atoms with Crippen molar-refractivity contribution in [1.29, 1.82) is 0 Å². The van der Waals surface area contributed by atoms with Gasteiger partial charge in [0, 0.05) is 18.7 Å². The quantitative estimate of drug-likeness (QED) is 0.758. The molecule has 20 heavy (non-hydrogen) atoms. The number of nitrogens with two attached hydrogens (primary N) is 1. The van der Waals surface area contributed by atoms with E-state index >= 15 is 0 Å². The number of carboxylic acid groups (broad SMARTS) is 1. The minimum atomic E-state index is -0.974. The van der Waals surface area contributed by atoms with Crippen molar-refractivity contribution in [3.05, 3.63) is 17.0 Å². The lowest BCUT2D eigenvalue weighted by Gasteiger charge is -2.16. The summed E-state index contributed by atoms with van der Waals surface area (Å²) in [5, 5.41) is 13.4. The first kappa shape index (κ1) is 14.3. The molecule has 0 unspecified atom stereocenters. The highest BCUT2D eigenvalue weighted by Gasteiger charge is 2.27. The molecule has 1 aromatic heterocycles. The average molecular weight is 282 g/mol. The molecular formula is C12H18N4O4. The number of carbonyl (C=O) groups excluding carboxylic acids is 1. The molecule has 8 heteroatoms. The fourth-order valence-corrected chi connectivity index (χ4v) is 2.40. The van der Waals surface area contributed by atoms with E-state index in [2.05, 4.69) is 5.10 Å². The number of aryl methyl sites for hydroxylation is 1. The van der Waals surface area contributed by atoms with Crippen molar-refractivity contribution in [2.75, 3.05) is 20.2 Å². The number of ether oxygens (including phenoxy) is 1. The molecule has 0 radical (unpaired) electrons. The van der Waals surface area contributed by atoms with Gasteiger partial charge in [-0.15, -0.1) is 0 Å². The second-order valence-electron chi connectivity index (χ2n) is 4.58. The van der Waals surface area contributed by atoms with E-state index in [4.69, 9.17) is 15.6 Å². The molecule has 0 bridgehead atoms. The van der Waals surface area contributed by atoms with E-state index in [1.54, 1.807) is 4.68 Å². The van der Waals surface area contributed by atoms with Crippen LogP contribution in [0.1, 0.15) is 28.2 Å². The van der Waals surface area contributed by atoms with E-state index in [0.29, 0.717) is 38.0 Å². The van der Waals surface area contributed by atoms with Gasteiger partial charge in [0.05, 0.1) is 19.3 Å². The Labute approximate surface area is 116 Å². The van der Waals surface area contributed by atoms with Gasteiger partial charge in [0.1, 0.15) is 0 Å². The van der Waals surface area contributed by atoms with Gasteiger partial charge < -0.3 is 20.5 Å². The van der Waals surface area contributed by atoms with Gasteiger partial charge in [-0.25, -0.2) is 9.59 Å². The van der Waals surface area contributed by atoms with E-state index in [1.165, 1.54) is 12.0 Å². The first-order valence-electron chi connectivity index (χ1n) is 6.43. The zero-order chi connectivity index (χ0) is 14.7. The molecule has 1 aromatic rings. The third-order valence-corrected chi connectivity index (χ3v) is 3.35. The van der Waals surface area contributed by atoms with E-state index in [9.17, 15) is 9.59 Å². The van der Waals surface area contributed by atoms with Gasteiger partial charge in [0.25, 0.3) is 0 Å². The average Bonchev–Trinajstić information content (AvgIpc) is 2.62. The number of rotatable bonds is 3. The molecule has 8 nitrogen and oxygen atoms in total. The minimum absolute atomic E-state index is 0.217. The molecule has 3 N–H and O–H groups in total. The molecule has 0 fully saturated rings. The number of methoxy groups -OCH3 is 1. The lowest BCUT2D eigenvalue weighted by atomic mass is 10.1. The molecule has 0 spiro atoms. The predicted octanol–water partition coefficient (Wildman–Crippen LogP) is 0.0546. The Morgan fingerprint density at radius 3 is 2.80 bits per heavy atom. The number of carbonyl (C=O) groups is 2. The van der Waals surface area contributed by atoms with Crippen LogP contribution >= 0.6 is 0 Å². The predicted molar refractivity (Wildman–Crippen MR) is 69.4 cm³/mol. The number of amides is 1. The van der Waals surface area contributed by atoms with Crippen molar-refractivity contribution in [1.82, 2.24) is 14.7 Å². The van der Waals surface area contributed by atoms with Gasteiger partial charge in [-0.2, -0.15) is 5.10 Å². The summed E-state index contributed by atoms with van der Waals surface area (Å²) in [5.74, 6) is -0.518. The molecule has 1 amide bonds. The largest absolute Gasteiger partial charge is 0.465 e. The molecule has 0 saturated carbocycles. The van der Waals surface area contributed by atoms with Crippen LogP contribution in [-0.2, 0) is 24.2 Å². The molecule has 2 heterocycles. The summed E-state index contributed by atoms with van der Waals surface area (Å²) in [7, 11) is 1.29. The first-order chi connectivity index (χ1) is 9.58. The molecule has 1 aliphatic heterocycles. The maximum atomic E-state index is 11.8. The highest BCUT2D eigenvalue weighted by Crippen LogP contribution is 2.21. The Hall–Kier alpha value is -2.09. The number of nitrogens with zero attached hydrogens (tertiary/aromatic N) is 3. The SMILES string of the molecule is COC(=O)c1nn2c(c1CCN)CN(C(=O)O)CCC2. The van der Waals surface area contributed by atoms with Crippen molar-refractivity contribution in [3.8, 4) is 0 Å². The Balaban J connectivity index is 2.44. The second-order valence-corrected chi connectivity index (χ2v) is 4.58. The second kappa shape index (κ2) is 5.91. The van der Waals surface area contributed by atoms with Crippen molar-refractivity contribution < 1.29 is 19.4 Å². The van der Waals surface area contributed by atoms with E-state index in [0.717, 1.165) is 5.69 Å². The van der Waals surface area contributed by atoms with Crippen LogP contribution in [0.25, 0.3) is 0 Å². The summed E-state index contributed by atoms with van der Waals surface area (Å²) in [6, 6.07) is 0. The Morgan fingerprint density at radius 2 is 2.20 bits per heavy atom. The summed E-state index contributed by atoms with van der Waals surface area (Å²) < 4.78 is 6.42. The molecule has 1 aliphatic rings. The molecule has 2 rings (SSSR count). The number of fused-ring (bicyclic) bond motifs is 1. The van der Waals surface area contributed by atoms with Crippen molar-refractivity contribution in [3.63, 3.8) is 0 Å². The van der Waals surface area contributed by atoms with Crippen LogP contribution in [0.3, 0.4) is 0 Å². The summed E-state index contributed by atoms with van der Waals surface area (Å²) in [4.78, 5) is 24.2. The standard InChI is InChI=1S/C12H18N4O4/c1-20-11(17)10-8(3-4-13)9-7-15(12(18)19)5-2-6-16(9)14-10/h2-7,13H2,1H3,(H,18,19). The molecule has 110 valence electrons. The van der Waals surface area contributed by atoms with E-state index in [1.807, 2.05) is 0 Å². The fourth-order valence-electron chi connectivity index (χ4n) is 2.40. The third kappa shape index (κ3) is 2.60. The van der Waals surface area contributed by atoms with Crippen LogP contribution in [0.15, 0.2) is 0 Å². The highest BCUT2D eigenvalue weighted by atomic mass is 16.5. The summed E-state index contributed by atoms with van der Waals surface area (Å²) in [6.07, 6.45) is 0.148. The smallest absolute Gasteiger partial charge is 0.407 e. The van der Waals surface area contributed by atoms with Gasteiger partial charge in [-0.05, 0) is 19.4 Å². The molecule has 0 atom stereocenters. The zero-order valence-electron chi connectivity index (χ0n) is 11.3. The number of aromatic nitrogens is 2. The van der Waals surface area contributed by atoms with Crippen LogP contribution in [-0.4, -0.2) is 52.0 Å². The maximum Gasteiger partial charge on any atom is 0.407 e. The fraction of sp³-hybridized carbons (Fsp3) is 0.583. The molecule has 0 aliphatic carbocycles. The third-order valence-electron chi connectivity index (χ3n) is 3.35. The van der Waals surface area contributed by atoms with Crippen LogP contribution in [0.2, 0.25) is 0 Å². The number of hydrogen-bond acceptors (Lipinski definition) is 5. The topological polar surface area (TPSA) is 111 Å². The number of hydrogen-bond donors (Lipinski definition) is 2. The van der Waals surface area contributed by atoms with Crippen LogP contribution in [0.5, 0.6) is 0 Å². The van der Waals surface area contributed by atoms with E-state index < -0.39 is 12.1 Å². The molecule has 0 aromatic carbocycles. The van der Waals surface area contributed by atoms with Gasteiger partial charge >= 0.3 is 12.1 Å². The van der Waals surface area contributed by atoms with Crippen LogP contribution < -0.4 is 5.73 Å². The monoisotopic (exact) mass is 282 g/mol. The van der Waals surface area contributed by atoms with Crippen molar-refractivity contribution in [2.45, 2.75) is 25.9 Å². The van der Waals surface area contributed by atoms with Crippen LogP contribution in [0.4, 0.5) is 4.79 Å². The Kier molecular flexibility index (Phi) is 4.23. The van der Waals surface area contributed by atoms with Gasteiger partial charge in [0.2, 0.25) is 0 Å². The summed E-state index contributed by atoms with van der Waals surface area (Å²) in [6.45, 7) is 1.60. The van der Waals surface area contributed by atoms with Crippen molar-refractivity contribution >= 4 is 12.1 Å². The molecular weight excluding hydrogens is 264 g/mol. The normalized spacial score (nSPS) is 14.6. The summed E-state index contributed by atoms with van der Waals surface area (Å²) in [5.41, 5.74) is 7.23. The van der Waals surface area contributed by atoms with Gasteiger partial charge in [0.15, 0.2) is 5.69 Å². The lowest BCUT2D eigenvalue weighted by molar-refractivity contribution is 0.0591. The Bertz CT molecular complexity index is 526. The van der Waals surface area contributed by atoms with Crippen LogP contribution in [0, 0.1) is 0 Å². The summed E-state index contributed by atoms with van der Waals surface area (Å²) >= 11 is 0. The first-order valence-corrected chi connectivity index (χ1v) is 6.43. The van der Waals surface area contributed by atoms with Crippen molar-refractivity contribution in [2.24, 2.45) is 5.73 Å².